The van der Waals surface area contributed by atoms with E-state index in [9.17, 15) is 9.50 Å². The Morgan fingerprint density at radius 1 is 1.05 bits per heavy atom. The highest BCUT2D eigenvalue weighted by molar-refractivity contribution is 6.32. The largest absolute Gasteiger partial charge is 0.487 e. The summed E-state index contributed by atoms with van der Waals surface area (Å²) in [5.74, 6) is 1.39. The lowest BCUT2D eigenvalue weighted by Gasteiger charge is -2.13. The van der Waals surface area contributed by atoms with Crippen molar-refractivity contribution >= 4 is 34.0 Å². The lowest BCUT2D eigenvalue weighted by molar-refractivity contribution is 0.101. The molecule has 39 heavy (non-hydrogen) atoms. The molecule has 2 heterocycles. The van der Waals surface area contributed by atoms with Crippen LogP contribution in [0.2, 0.25) is 5.02 Å². The molecule has 10 heteroatoms. The molecule has 1 atom stereocenters. The Hall–Kier alpha value is -4.02. The molecule has 0 saturated carbocycles. The van der Waals surface area contributed by atoms with Crippen LogP contribution >= 0.6 is 11.6 Å². The van der Waals surface area contributed by atoms with Gasteiger partial charge >= 0.3 is 0 Å². The number of furan rings is 1. The lowest BCUT2D eigenvalue weighted by Crippen LogP contribution is -2.29. The Labute approximate surface area is 229 Å². The van der Waals surface area contributed by atoms with Gasteiger partial charge in [0.05, 0.1) is 16.8 Å². The number of aromatic nitrogens is 2. The zero-order valence-electron chi connectivity index (χ0n) is 20.8. The summed E-state index contributed by atoms with van der Waals surface area (Å²) in [5, 5.41) is 26.3. The number of aliphatic hydroxyl groups is 2. The number of aliphatic hydroxyl groups excluding tert-OH is 2. The van der Waals surface area contributed by atoms with Crippen LogP contribution in [0.3, 0.4) is 0 Å². The minimum absolute atomic E-state index is 0.108. The quantitative estimate of drug-likeness (QED) is 0.153. The normalized spacial score (nSPS) is 12.0. The monoisotopic (exact) mass is 548 g/mol. The summed E-state index contributed by atoms with van der Waals surface area (Å²) in [5.41, 5.74) is 3.82. The van der Waals surface area contributed by atoms with Gasteiger partial charge in [0, 0.05) is 41.8 Å². The van der Waals surface area contributed by atoms with Crippen LogP contribution in [0.1, 0.15) is 17.5 Å². The topological polar surface area (TPSA) is 113 Å². The van der Waals surface area contributed by atoms with Gasteiger partial charge < -0.3 is 24.7 Å². The van der Waals surface area contributed by atoms with Gasteiger partial charge in [-0.1, -0.05) is 23.7 Å². The maximum Gasteiger partial charge on any atom is 0.141 e. The van der Waals surface area contributed by atoms with Gasteiger partial charge in [-0.05, 0) is 60.2 Å². The van der Waals surface area contributed by atoms with E-state index >= 15 is 0 Å². The molecule has 0 radical (unpaired) electrons. The molecule has 5 aromatic rings. The third-order valence-electron chi connectivity index (χ3n) is 6.05. The number of benzene rings is 3. The van der Waals surface area contributed by atoms with E-state index in [-0.39, 0.29) is 25.5 Å². The smallest absolute Gasteiger partial charge is 0.141 e. The minimum Gasteiger partial charge on any atom is -0.487 e. The Bertz CT molecular complexity index is 1580. The molecule has 0 bridgehead atoms. The van der Waals surface area contributed by atoms with E-state index < -0.39 is 6.23 Å². The Kier molecular flexibility index (Phi) is 8.33. The molecule has 8 nitrogen and oxygen atoms in total. The van der Waals surface area contributed by atoms with Gasteiger partial charge in [-0.15, -0.1) is 0 Å². The van der Waals surface area contributed by atoms with Crippen molar-refractivity contribution in [1.29, 1.82) is 0 Å². The molecule has 1 unspecified atom stereocenters. The SMILES string of the molecule is OCCC(O)NCc1ccoc1-c1ccc2ncnc(Nc3ccc(OCc4cccc(F)c4)c(Cl)c3)c2c1. The number of halogens is 2. The van der Waals surface area contributed by atoms with E-state index in [0.717, 1.165) is 22.0 Å². The maximum absolute atomic E-state index is 13.4. The van der Waals surface area contributed by atoms with Crippen LogP contribution in [0, 0.1) is 5.82 Å². The van der Waals surface area contributed by atoms with Gasteiger partial charge in [-0.25, -0.2) is 14.4 Å². The van der Waals surface area contributed by atoms with Crippen LogP contribution in [0.15, 0.2) is 83.7 Å². The van der Waals surface area contributed by atoms with E-state index in [1.165, 1.54) is 18.5 Å². The van der Waals surface area contributed by atoms with Crippen molar-refractivity contribution in [1.82, 2.24) is 15.3 Å². The second kappa shape index (κ2) is 12.2. The van der Waals surface area contributed by atoms with Crippen LogP contribution in [0.4, 0.5) is 15.9 Å². The molecule has 0 amide bonds. The third kappa shape index (κ3) is 6.52. The first kappa shape index (κ1) is 26.6. The molecule has 0 aliphatic carbocycles. The molecule has 2 aromatic heterocycles. The summed E-state index contributed by atoms with van der Waals surface area (Å²) in [6.45, 7) is 0.449. The molecule has 0 aliphatic heterocycles. The number of nitrogens with zero attached hydrogens (tertiary/aromatic N) is 2. The summed E-state index contributed by atoms with van der Waals surface area (Å²) in [7, 11) is 0. The average Bonchev–Trinajstić information content (AvgIpc) is 3.40. The Balaban J connectivity index is 1.34. The Morgan fingerprint density at radius 2 is 1.95 bits per heavy atom. The summed E-state index contributed by atoms with van der Waals surface area (Å²) in [6, 6.07) is 19.1. The first-order chi connectivity index (χ1) is 19.0. The zero-order valence-corrected chi connectivity index (χ0v) is 21.5. The van der Waals surface area contributed by atoms with E-state index in [2.05, 4.69) is 20.6 Å². The minimum atomic E-state index is -0.816. The summed E-state index contributed by atoms with van der Waals surface area (Å²) in [4.78, 5) is 8.81. The number of hydrogen-bond acceptors (Lipinski definition) is 8. The molecule has 0 saturated heterocycles. The van der Waals surface area contributed by atoms with Crippen LogP contribution in [0.5, 0.6) is 5.75 Å². The summed E-state index contributed by atoms with van der Waals surface area (Å²) < 4.78 is 25.0. The van der Waals surface area contributed by atoms with E-state index in [1.54, 1.807) is 30.5 Å². The number of ether oxygens (including phenoxy) is 1. The second-order valence-corrected chi connectivity index (χ2v) is 9.23. The van der Waals surface area contributed by atoms with Crippen molar-refractivity contribution in [3.63, 3.8) is 0 Å². The highest BCUT2D eigenvalue weighted by atomic mass is 35.5. The molecule has 5 rings (SSSR count). The highest BCUT2D eigenvalue weighted by Crippen LogP contribution is 2.33. The summed E-state index contributed by atoms with van der Waals surface area (Å²) >= 11 is 6.47. The summed E-state index contributed by atoms with van der Waals surface area (Å²) in [6.07, 6.45) is 2.49. The fourth-order valence-electron chi connectivity index (χ4n) is 4.10. The molecular weight excluding hydrogens is 523 g/mol. The predicted molar refractivity (Wildman–Crippen MR) is 147 cm³/mol. The fourth-order valence-corrected chi connectivity index (χ4v) is 4.33. The standard InChI is InChI=1S/C29H26ClFN4O4/c30-24-14-22(5-7-26(24)39-16-18-2-1-3-21(31)12-18)35-29-23-13-19(4-6-25(23)33-17-34-29)28-20(9-11-38-28)15-32-27(37)8-10-36/h1-7,9,11-14,17,27,32,36-37H,8,10,15-16H2,(H,33,34,35). The van der Waals surface area contributed by atoms with Gasteiger partial charge in [0.1, 0.15) is 42.3 Å². The van der Waals surface area contributed by atoms with Gasteiger partial charge in [0.15, 0.2) is 0 Å². The van der Waals surface area contributed by atoms with E-state index in [4.69, 9.17) is 25.9 Å². The molecular formula is C29H26ClFN4O4. The third-order valence-corrected chi connectivity index (χ3v) is 6.35. The molecule has 0 aliphatic rings. The van der Waals surface area contributed by atoms with Crippen molar-refractivity contribution in [3.8, 4) is 17.1 Å². The van der Waals surface area contributed by atoms with Crippen molar-refractivity contribution in [3.05, 3.63) is 101 Å². The molecule has 4 N–H and O–H groups in total. The van der Waals surface area contributed by atoms with Gasteiger partial charge in [-0.3, -0.25) is 5.32 Å². The molecule has 200 valence electrons. The first-order valence-corrected chi connectivity index (χ1v) is 12.7. The van der Waals surface area contributed by atoms with E-state index in [1.807, 2.05) is 30.3 Å². The molecule has 0 fully saturated rings. The Morgan fingerprint density at radius 3 is 2.77 bits per heavy atom. The van der Waals surface area contributed by atoms with Gasteiger partial charge in [0.2, 0.25) is 0 Å². The van der Waals surface area contributed by atoms with Crippen LogP contribution in [0.25, 0.3) is 22.2 Å². The van der Waals surface area contributed by atoms with Crippen molar-refractivity contribution in [2.75, 3.05) is 11.9 Å². The van der Waals surface area contributed by atoms with Crippen LogP contribution < -0.4 is 15.4 Å². The maximum atomic E-state index is 13.4. The first-order valence-electron chi connectivity index (χ1n) is 12.3. The number of nitrogens with one attached hydrogen (secondary N) is 2. The predicted octanol–water partition coefficient (Wildman–Crippen LogP) is 5.80. The molecule has 0 spiro atoms. The fraction of sp³-hybridized carbons (Fsp3) is 0.172. The number of rotatable bonds is 11. The van der Waals surface area contributed by atoms with Crippen molar-refractivity contribution in [2.45, 2.75) is 25.8 Å². The van der Waals surface area contributed by atoms with Gasteiger partial charge in [-0.2, -0.15) is 0 Å². The average molecular weight is 549 g/mol. The zero-order chi connectivity index (χ0) is 27.2. The highest BCUT2D eigenvalue weighted by Gasteiger charge is 2.14. The molecule has 3 aromatic carbocycles. The van der Waals surface area contributed by atoms with Crippen molar-refractivity contribution in [2.24, 2.45) is 0 Å². The lowest BCUT2D eigenvalue weighted by atomic mass is 10.1. The number of fused-ring (bicyclic) bond motifs is 1. The number of hydrogen-bond donors (Lipinski definition) is 4. The van der Waals surface area contributed by atoms with Gasteiger partial charge in [0.25, 0.3) is 0 Å². The number of anilines is 2. The van der Waals surface area contributed by atoms with E-state index in [0.29, 0.717) is 40.1 Å². The van der Waals surface area contributed by atoms with Crippen molar-refractivity contribution < 1.29 is 23.8 Å². The second-order valence-electron chi connectivity index (χ2n) is 8.83. The van der Waals surface area contributed by atoms with Crippen LogP contribution in [-0.2, 0) is 13.2 Å². The van der Waals surface area contributed by atoms with Crippen LogP contribution in [-0.4, -0.2) is 33.0 Å².